The summed E-state index contributed by atoms with van der Waals surface area (Å²) in [6.07, 6.45) is 6.03. The number of rotatable bonds is 5. The van der Waals surface area contributed by atoms with Crippen molar-refractivity contribution < 1.29 is 4.79 Å². The minimum Gasteiger partial charge on any atom is -0.307 e. The lowest BCUT2D eigenvalue weighted by Crippen LogP contribution is -2.25. The fraction of sp³-hybridized carbons (Fsp3) is 0.444. The molecule has 0 saturated heterocycles. The third-order valence-electron chi connectivity index (χ3n) is 4.76. The van der Waals surface area contributed by atoms with Gasteiger partial charge in [0.15, 0.2) is 4.34 Å². The SMILES string of the molecule is C[C@@H](Sc1nncs1)C(=O)Nc1nc2ccccc2n1C1CCCCC1. The number of anilines is 1. The van der Waals surface area contributed by atoms with Crippen molar-refractivity contribution in [2.75, 3.05) is 5.32 Å². The van der Waals surface area contributed by atoms with Gasteiger partial charge in [-0.25, -0.2) is 4.98 Å². The van der Waals surface area contributed by atoms with E-state index in [9.17, 15) is 4.79 Å². The van der Waals surface area contributed by atoms with Gasteiger partial charge in [-0.1, -0.05) is 54.5 Å². The summed E-state index contributed by atoms with van der Waals surface area (Å²) in [5.74, 6) is 0.602. The Balaban J connectivity index is 1.59. The molecule has 6 nitrogen and oxygen atoms in total. The van der Waals surface area contributed by atoms with Gasteiger partial charge in [-0.3, -0.25) is 10.1 Å². The zero-order valence-electron chi connectivity index (χ0n) is 14.6. The first kappa shape index (κ1) is 17.5. The van der Waals surface area contributed by atoms with Gasteiger partial charge >= 0.3 is 0 Å². The summed E-state index contributed by atoms with van der Waals surface area (Å²) in [6.45, 7) is 1.88. The molecule has 3 aromatic rings. The van der Waals surface area contributed by atoms with E-state index in [0.717, 1.165) is 28.2 Å². The average molecular weight is 388 g/mol. The summed E-state index contributed by atoms with van der Waals surface area (Å²) < 4.78 is 3.03. The zero-order chi connectivity index (χ0) is 17.9. The van der Waals surface area contributed by atoms with Gasteiger partial charge in [0.1, 0.15) is 5.51 Å². The van der Waals surface area contributed by atoms with Gasteiger partial charge in [-0.2, -0.15) is 0 Å². The van der Waals surface area contributed by atoms with Crippen LogP contribution in [0.2, 0.25) is 0 Å². The maximum atomic E-state index is 12.7. The van der Waals surface area contributed by atoms with Crippen molar-refractivity contribution >= 4 is 46.0 Å². The molecule has 1 saturated carbocycles. The van der Waals surface area contributed by atoms with Gasteiger partial charge in [0, 0.05) is 6.04 Å². The maximum absolute atomic E-state index is 12.7. The Kier molecular flexibility index (Phi) is 5.21. The van der Waals surface area contributed by atoms with E-state index in [1.54, 1.807) is 5.51 Å². The summed E-state index contributed by atoms with van der Waals surface area (Å²) in [4.78, 5) is 17.4. The van der Waals surface area contributed by atoms with Crippen LogP contribution in [-0.4, -0.2) is 30.9 Å². The second-order valence-electron chi connectivity index (χ2n) is 6.54. The molecule has 0 aliphatic heterocycles. The number of hydrogen-bond donors (Lipinski definition) is 1. The predicted molar refractivity (Wildman–Crippen MR) is 106 cm³/mol. The number of para-hydroxylation sites is 2. The number of carbonyl (C=O) groups is 1. The highest BCUT2D eigenvalue weighted by Gasteiger charge is 2.24. The van der Waals surface area contributed by atoms with E-state index in [1.165, 1.54) is 42.4 Å². The van der Waals surface area contributed by atoms with Crippen molar-refractivity contribution in [3.05, 3.63) is 29.8 Å². The number of nitrogens with zero attached hydrogens (tertiary/aromatic N) is 4. The highest BCUT2D eigenvalue weighted by Crippen LogP contribution is 2.34. The summed E-state index contributed by atoms with van der Waals surface area (Å²) in [5.41, 5.74) is 3.70. The zero-order valence-corrected chi connectivity index (χ0v) is 16.2. The van der Waals surface area contributed by atoms with Crippen molar-refractivity contribution in [2.24, 2.45) is 0 Å². The minimum absolute atomic E-state index is 0.0578. The molecule has 1 atom stereocenters. The second-order valence-corrected chi connectivity index (χ2v) is 8.96. The monoisotopic (exact) mass is 387 g/mol. The molecule has 1 amide bonds. The van der Waals surface area contributed by atoms with Crippen molar-refractivity contribution in [3.63, 3.8) is 0 Å². The molecule has 0 unspecified atom stereocenters. The van der Waals surface area contributed by atoms with Crippen molar-refractivity contribution in [3.8, 4) is 0 Å². The summed E-state index contributed by atoms with van der Waals surface area (Å²) in [5, 5.41) is 10.6. The molecule has 0 bridgehead atoms. The Labute approximate surface area is 160 Å². The van der Waals surface area contributed by atoms with Crippen LogP contribution in [0.25, 0.3) is 11.0 Å². The largest absolute Gasteiger partial charge is 0.307 e. The highest BCUT2D eigenvalue weighted by molar-refractivity contribution is 8.02. The Morgan fingerprint density at radius 2 is 2.12 bits per heavy atom. The van der Waals surface area contributed by atoms with Gasteiger partial charge < -0.3 is 4.57 Å². The number of nitrogens with one attached hydrogen (secondary N) is 1. The lowest BCUT2D eigenvalue weighted by Gasteiger charge is -2.25. The number of fused-ring (bicyclic) bond motifs is 1. The number of thioether (sulfide) groups is 1. The van der Waals surface area contributed by atoms with Gasteiger partial charge in [0.2, 0.25) is 11.9 Å². The summed E-state index contributed by atoms with van der Waals surface area (Å²) >= 11 is 2.87. The van der Waals surface area contributed by atoms with Crippen LogP contribution in [-0.2, 0) is 4.79 Å². The molecule has 1 aliphatic rings. The Morgan fingerprint density at radius 1 is 1.31 bits per heavy atom. The molecular formula is C18H21N5OS2. The number of benzene rings is 1. The van der Waals surface area contributed by atoms with Crippen LogP contribution in [0, 0.1) is 0 Å². The molecule has 1 N–H and O–H groups in total. The fourth-order valence-corrected chi connectivity index (χ4v) is 5.10. The summed E-state index contributed by atoms with van der Waals surface area (Å²) in [7, 11) is 0. The second kappa shape index (κ2) is 7.75. The molecule has 8 heteroatoms. The number of aromatic nitrogens is 4. The Morgan fingerprint density at radius 3 is 2.88 bits per heavy atom. The lowest BCUT2D eigenvalue weighted by molar-refractivity contribution is -0.115. The quantitative estimate of drug-likeness (QED) is 0.652. The molecule has 26 heavy (non-hydrogen) atoms. The summed E-state index contributed by atoms with van der Waals surface area (Å²) in [6, 6.07) is 8.51. The predicted octanol–water partition coefficient (Wildman–Crippen LogP) is 4.51. The van der Waals surface area contributed by atoms with Crippen molar-refractivity contribution in [1.82, 2.24) is 19.7 Å². The highest BCUT2D eigenvalue weighted by atomic mass is 32.2. The Hall–Kier alpha value is -1.93. The molecule has 1 aromatic carbocycles. The standard InChI is InChI=1S/C18H21N5OS2/c1-12(26-18-22-19-11-25-18)16(24)21-17-20-14-9-5-6-10-15(14)23(17)13-7-3-2-4-8-13/h5-6,9-13H,2-4,7-8H2,1H3,(H,20,21,24)/t12-/m1/s1. The smallest absolute Gasteiger partial charge is 0.239 e. The minimum atomic E-state index is -0.262. The van der Waals surface area contributed by atoms with Crippen LogP contribution in [0.15, 0.2) is 34.1 Å². The van der Waals surface area contributed by atoms with Crippen LogP contribution in [0.1, 0.15) is 45.1 Å². The Bertz CT molecular complexity index is 886. The molecule has 0 radical (unpaired) electrons. The average Bonchev–Trinajstić information content (AvgIpc) is 3.29. The van der Waals surface area contributed by atoms with Gasteiger partial charge in [-0.15, -0.1) is 10.2 Å². The van der Waals surface area contributed by atoms with Crippen molar-refractivity contribution in [2.45, 2.75) is 54.7 Å². The first-order valence-corrected chi connectivity index (χ1v) is 10.7. The van der Waals surface area contributed by atoms with E-state index in [2.05, 4.69) is 26.1 Å². The van der Waals surface area contributed by atoms with Crippen LogP contribution in [0.5, 0.6) is 0 Å². The molecular weight excluding hydrogens is 366 g/mol. The molecule has 4 rings (SSSR count). The molecule has 1 aliphatic carbocycles. The number of carbonyl (C=O) groups excluding carboxylic acids is 1. The van der Waals surface area contributed by atoms with Gasteiger partial charge in [0.25, 0.3) is 0 Å². The molecule has 2 aromatic heterocycles. The number of amides is 1. The fourth-order valence-electron chi connectivity index (χ4n) is 3.47. The van der Waals surface area contributed by atoms with E-state index >= 15 is 0 Å². The third-order valence-corrected chi connectivity index (χ3v) is 6.67. The van der Waals surface area contributed by atoms with E-state index < -0.39 is 0 Å². The van der Waals surface area contributed by atoms with Crippen LogP contribution in [0.3, 0.4) is 0 Å². The van der Waals surface area contributed by atoms with Gasteiger partial charge in [-0.05, 0) is 31.9 Å². The van der Waals surface area contributed by atoms with E-state index in [0.29, 0.717) is 12.0 Å². The molecule has 0 spiro atoms. The van der Waals surface area contributed by atoms with E-state index in [4.69, 9.17) is 4.98 Å². The van der Waals surface area contributed by atoms with Crippen molar-refractivity contribution in [1.29, 1.82) is 0 Å². The first-order valence-electron chi connectivity index (χ1n) is 8.93. The van der Waals surface area contributed by atoms with Crippen LogP contribution >= 0.6 is 23.1 Å². The number of hydrogen-bond acceptors (Lipinski definition) is 6. The van der Waals surface area contributed by atoms with E-state index in [-0.39, 0.29) is 11.2 Å². The topological polar surface area (TPSA) is 72.7 Å². The molecule has 1 fully saturated rings. The third kappa shape index (κ3) is 3.61. The molecule has 136 valence electrons. The number of imidazole rings is 1. The normalized spacial score (nSPS) is 16.7. The molecule has 2 heterocycles. The van der Waals surface area contributed by atoms with Crippen LogP contribution < -0.4 is 5.32 Å². The maximum Gasteiger partial charge on any atom is 0.239 e. The van der Waals surface area contributed by atoms with E-state index in [1.807, 2.05) is 25.1 Å². The van der Waals surface area contributed by atoms with Gasteiger partial charge in [0.05, 0.1) is 16.3 Å². The lowest BCUT2D eigenvalue weighted by atomic mass is 9.95. The van der Waals surface area contributed by atoms with Crippen LogP contribution in [0.4, 0.5) is 5.95 Å². The first-order chi connectivity index (χ1) is 12.7.